The number of ether oxygens (including phenoxy) is 1. The van der Waals surface area contributed by atoms with Crippen LogP contribution in [0.2, 0.25) is 0 Å². The summed E-state index contributed by atoms with van der Waals surface area (Å²) in [5.41, 5.74) is 7.23. The maximum absolute atomic E-state index is 13.1. The number of benzene rings is 1. The second-order valence-corrected chi connectivity index (χ2v) is 7.20. The predicted octanol–water partition coefficient (Wildman–Crippen LogP) is 2.64. The Hall–Kier alpha value is -2.87. The van der Waals surface area contributed by atoms with Crippen molar-refractivity contribution in [2.24, 2.45) is 11.7 Å². The fourth-order valence-corrected chi connectivity index (χ4v) is 3.21. The second kappa shape index (κ2) is 8.43. The van der Waals surface area contributed by atoms with E-state index in [9.17, 15) is 9.59 Å². The quantitative estimate of drug-likeness (QED) is 0.575. The van der Waals surface area contributed by atoms with Crippen LogP contribution in [0.4, 0.5) is 0 Å². The maximum Gasteiger partial charge on any atom is 0.439 e. The van der Waals surface area contributed by atoms with Gasteiger partial charge in [-0.1, -0.05) is 38.4 Å². The molecule has 0 unspecified atom stereocenters. The van der Waals surface area contributed by atoms with Crippen LogP contribution >= 0.6 is 0 Å². The first-order valence-corrected chi connectivity index (χ1v) is 9.54. The Bertz CT molecular complexity index is 1080. The molecule has 3 rings (SSSR count). The Morgan fingerprint density at radius 2 is 2.07 bits per heavy atom. The molecule has 0 amide bonds. The van der Waals surface area contributed by atoms with Crippen molar-refractivity contribution in [3.8, 4) is 17.1 Å². The van der Waals surface area contributed by atoms with E-state index in [0.29, 0.717) is 46.8 Å². The Kier molecular flexibility index (Phi) is 5.99. The van der Waals surface area contributed by atoms with E-state index in [1.54, 1.807) is 22.8 Å². The molecule has 1 aromatic carbocycles. The molecule has 150 valence electrons. The molecule has 0 bridgehead atoms. The molecule has 0 atom stereocenters. The van der Waals surface area contributed by atoms with Crippen LogP contribution in [0.5, 0.6) is 5.75 Å². The molecular weight excluding hydrogens is 360 g/mol. The average Bonchev–Trinajstić information content (AvgIpc) is 3.11. The molecule has 0 saturated heterocycles. The summed E-state index contributed by atoms with van der Waals surface area (Å²) in [4.78, 5) is 27.0. The topological polar surface area (TPSA) is 116 Å². The Morgan fingerprint density at radius 3 is 2.68 bits per heavy atom. The van der Waals surface area contributed by atoms with Crippen LogP contribution in [0.1, 0.15) is 39.3 Å². The molecule has 0 spiro atoms. The monoisotopic (exact) mass is 386 g/mol. The first-order chi connectivity index (χ1) is 13.5. The summed E-state index contributed by atoms with van der Waals surface area (Å²) in [6.07, 6.45) is 1.89. The molecule has 0 aliphatic carbocycles. The van der Waals surface area contributed by atoms with Crippen molar-refractivity contribution < 1.29 is 9.26 Å². The third kappa shape index (κ3) is 3.87. The van der Waals surface area contributed by atoms with Gasteiger partial charge < -0.3 is 15.0 Å². The fourth-order valence-electron chi connectivity index (χ4n) is 3.21. The Balaban J connectivity index is 2.26. The van der Waals surface area contributed by atoms with Crippen LogP contribution < -0.4 is 21.8 Å². The minimum atomic E-state index is -0.635. The molecule has 8 nitrogen and oxygen atoms in total. The first kappa shape index (κ1) is 19.9. The molecule has 28 heavy (non-hydrogen) atoms. The van der Waals surface area contributed by atoms with Crippen molar-refractivity contribution in [2.75, 3.05) is 6.61 Å². The van der Waals surface area contributed by atoms with Gasteiger partial charge in [0.25, 0.3) is 5.56 Å². The average molecular weight is 386 g/mol. The number of nitrogens with two attached hydrogens (primary N) is 1. The number of rotatable bonds is 8. The molecule has 3 N–H and O–H groups in total. The van der Waals surface area contributed by atoms with Gasteiger partial charge in [-0.3, -0.25) is 14.3 Å². The molecule has 2 heterocycles. The van der Waals surface area contributed by atoms with Gasteiger partial charge >= 0.3 is 5.76 Å². The fraction of sp³-hybridized carbons (Fsp3) is 0.450. The van der Waals surface area contributed by atoms with Crippen LogP contribution in [-0.4, -0.2) is 21.3 Å². The van der Waals surface area contributed by atoms with Crippen LogP contribution in [0.15, 0.2) is 32.3 Å². The largest absolute Gasteiger partial charge is 0.491 e. The predicted molar refractivity (Wildman–Crippen MR) is 107 cm³/mol. The third-order valence-electron chi connectivity index (χ3n) is 4.53. The lowest BCUT2D eigenvalue weighted by Crippen LogP contribution is -2.28. The van der Waals surface area contributed by atoms with Gasteiger partial charge in [-0.2, -0.15) is 0 Å². The lowest BCUT2D eigenvalue weighted by atomic mass is 10.0. The number of H-pyrrole nitrogens is 1. The third-order valence-corrected chi connectivity index (χ3v) is 4.53. The molecular formula is C20H26N4O4. The first-order valence-electron chi connectivity index (χ1n) is 9.54. The zero-order valence-electron chi connectivity index (χ0n) is 16.4. The summed E-state index contributed by atoms with van der Waals surface area (Å²) in [5, 5.41) is 4.92. The molecule has 2 aromatic heterocycles. The lowest BCUT2D eigenvalue weighted by Gasteiger charge is -2.20. The number of fused-ring (bicyclic) bond motifs is 1. The number of pyridine rings is 1. The van der Waals surface area contributed by atoms with E-state index in [1.165, 1.54) is 0 Å². The highest BCUT2D eigenvalue weighted by molar-refractivity contribution is 5.91. The lowest BCUT2D eigenvalue weighted by molar-refractivity contribution is 0.304. The van der Waals surface area contributed by atoms with Crippen molar-refractivity contribution in [1.29, 1.82) is 0 Å². The molecule has 0 aliphatic rings. The van der Waals surface area contributed by atoms with Gasteiger partial charge in [-0.05, 0) is 24.5 Å². The van der Waals surface area contributed by atoms with Crippen molar-refractivity contribution in [3.05, 3.63) is 44.8 Å². The van der Waals surface area contributed by atoms with Crippen molar-refractivity contribution in [3.63, 3.8) is 0 Å². The molecule has 0 radical (unpaired) electrons. The number of aromatic amines is 1. The number of aromatic nitrogens is 3. The van der Waals surface area contributed by atoms with Crippen molar-refractivity contribution >= 4 is 10.8 Å². The van der Waals surface area contributed by atoms with Crippen molar-refractivity contribution in [1.82, 2.24) is 14.7 Å². The number of unbranched alkanes of at least 4 members (excludes halogenated alkanes) is 1. The van der Waals surface area contributed by atoms with Gasteiger partial charge in [-0.15, -0.1) is 0 Å². The molecule has 0 saturated carbocycles. The van der Waals surface area contributed by atoms with E-state index in [-0.39, 0.29) is 18.0 Å². The van der Waals surface area contributed by atoms with Gasteiger partial charge in [-0.25, -0.2) is 4.79 Å². The highest BCUT2D eigenvalue weighted by atomic mass is 16.5. The summed E-state index contributed by atoms with van der Waals surface area (Å²) in [5.74, 6) is 0.555. The second-order valence-electron chi connectivity index (χ2n) is 7.20. The number of nitrogens with zero attached hydrogens (tertiary/aromatic N) is 2. The van der Waals surface area contributed by atoms with Crippen LogP contribution in [0, 0.1) is 5.92 Å². The summed E-state index contributed by atoms with van der Waals surface area (Å²) in [6.45, 7) is 7.47. The van der Waals surface area contributed by atoms with E-state index >= 15 is 0 Å². The van der Waals surface area contributed by atoms with E-state index in [4.69, 9.17) is 10.5 Å². The molecule has 3 aromatic rings. The molecule has 0 fully saturated rings. The maximum atomic E-state index is 13.1. The summed E-state index contributed by atoms with van der Waals surface area (Å²) in [6, 6.07) is 5.24. The van der Waals surface area contributed by atoms with E-state index in [2.05, 4.69) is 35.4 Å². The minimum absolute atomic E-state index is 0.104. The minimum Gasteiger partial charge on any atom is -0.491 e. The molecule has 8 heteroatoms. The van der Waals surface area contributed by atoms with E-state index < -0.39 is 5.76 Å². The summed E-state index contributed by atoms with van der Waals surface area (Å²) < 4.78 is 12.4. The van der Waals surface area contributed by atoms with Gasteiger partial charge in [0, 0.05) is 24.0 Å². The van der Waals surface area contributed by atoms with Crippen LogP contribution in [0.3, 0.4) is 0 Å². The van der Waals surface area contributed by atoms with Crippen molar-refractivity contribution in [2.45, 2.75) is 46.7 Å². The Morgan fingerprint density at radius 1 is 1.29 bits per heavy atom. The van der Waals surface area contributed by atoms with Gasteiger partial charge in [0.1, 0.15) is 5.75 Å². The van der Waals surface area contributed by atoms with Gasteiger partial charge in [0.15, 0.2) is 5.82 Å². The van der Waals surface area contributed by atoms with E-state index in [0.717, 1.165) is 12.8 Å². The number of hydrogen-bond acceptors (Lipinski definition) is 6. The highest BCUT2D eigenvalue weighted by Crippen LogP contribution is 2.31. The highest BCUT2D eigenvalue weighted by Gasteiger charge is 2.19. The smallest absolute Gasteiger partial charge is 0.439 e. The van der Waals surface area contributed by atoms with Crippen LogP contribution in [-0.2, 0) is 13.1 Å². The Labute approximate surface area is 162 Å². The summed E-state index contributed by atoms with van der Waals surface area (Å²) in [7, 11) is 0. The summed E-state index contributed by atoms with van der Waals surface area (Å²) >= 11 is 0. The standard InChI is InChI=1S/C20H26N4O4/c1-4-5-8-27-17-15-9-13(18-22-20(26)28-23-18)6-7-14(15)19(25)24(11-12(2)3)16(17)10-21/h6-7,9,12H,4-5,8,10-11,21H2,1-3H3,(H,22,23,26). The zero-order chi connectivity index (χ0) is 20.3. The molecule has 0 aliphatic heterocycles. The SMILES string of the molecule is CCCCOc1c(CN)n(CC(C)C)c(=O)c2ccc(-c3noc(=O)[nH]3)cc12. The normalized spacial score (nSPS) is 11.5. The van der Waals surface area contributed by atoms with E-state index in [1.807, 2.05) is 0 Å². The zero-order valence-corrected chi connectivity index (χ0v) is 16.4. The number of nitrogens with one attached hydrogen (secondary N) is 1. The van der Waals surface area contributed by atoms with Gasteiger partial charge in [0.05, 0.1) is 17.7 Å². The number of hydrogen-bond donors (Lipinski definition) is 2. The van der Waals surface area contributed by atoms with Gasteiger partial charge in [0.2, 0.25) is 0 Å². The van der Waals surface area contributed by atoms with Crippen LogP contribution in [0.25, 0.3) is 22.2 Å².